The predicted molar refractivity (Wildman–Crippen MR) is 99.3 cm³/mol. The molecule has 11 heteroatoms. The number of aliphatic carboxylic acids is 1. The number of carboxylic acid groups (broad SMARTS) is 1. The molecule has 1 aromatic heterocycles. The molecule has 156 valence electrons. The molecule has 3 rings (SSSR count). The molecule has 0 spiro atoms. The van der Waals surface area contributed by atoms with E-state index in [9.17, 15) is 18.0 Å². The van der Waals surface area contributed by atoms with Crippen molar-refractivity contribution in [2.24, 2.45) is 5.73 Å². The van der Waals surface area contributed by atoms with E-state index in [0.29, 0.717) is 17.4 Å². The Kier molecular flexibility index (Phi) is 5.38. The largest absolute Gasteiger partial charge is 0.495 e. The number of nitrogens with one attached hydrogen (secondary N) is 2. The average molecular weight is 412 g/mol. The number of nitrogens with zero attached hydrogens (tertiary/aromatic N) is 2. The molecule has 1 fully saturated rings. The fourth-order valence-corrected chi connectivity index (χ4v) is 2.56. The van der Waals surface area contributed by atoms with Crippen molar-refractivity contribution >= 4 is 23.4 Å². The first kappa shape index (κ1) is 19.2. The highest BCUT2D eigenvalue weighted by Gasteiger charge is 2.37. The molecule has 8 nitrogen and oxygen atoms in total. The number of rotatable bonds is 8. The molecule has 0 saturated heterocycles. The minimum absolute atomic E-state index is 0.0379. The fraction of sp³-hybridized carbons (Fsp3) is 0.389. The van der Waals surface area contributed by atoms with Gasteiger partial charge in [0.05, 0.1) is 14.1 Å². The molecule has 0 bridgehead atoms. The first-order chi connectivity index (χ1) is 14.2. The van der Waals surface area contributed by atoms with Gasteiger partial charge in [-0.1, -0.05) is 6.07 Å². The van der Waals surface area contributed by atoms with E-state index in [1.165, 1.54) is 12.1 Å². The Morgan fingerprint density at radius 1 is 1.48 bits per heavy atom. The van der Waals surface area contributed by atoms with Crippen LogP contribution in [0.1, 0.15) is 25.3 Å². The second-order valence-corrected chi connectivity index (χ2v) is 6.62. The van der Waals surface area contributed by atoms with Crippen LogP contribution >= 0.6 is 0 Å². The zero-order chi connectivity index (χ0) is 21.9. The highest BCUT2D eigenvalue weighted by atomic mass is 19.4. The maximum atomic E-state index is 13.2. The normalized spacial score (nSPS) is 15.4. The Balaban J connectivity index is 1.86. The molecule has 1 atom stereocenters. The molecule has 5 N–H and O–H groups in total. The van der Waals surface area contributed by atoms with Gasteiger partial charge in [0, 0.05) is 12.2 Å². The summed E-state index contributed by atoms with van der Waals surface area (Å²) in [6, 6.07) is 3.47. The number of benzene rings is 1. The van der Waals surface area contributed by atoms with E-state index in [1.54, 1.807) is 6.07 Å². The highest BCUT2D eigenvalue weighted by molar-refractivity contribution is 5.74. The molecular formula is C18H20F3N5O3. The molecule has 0 amide bonds. The molecule has 1 heterocycles. The minimum Gasteiger partial charge on any atom is -0.495 e. The van der Waals surface area contributed by atoms with Crippen LogP contribution in [-0.4, -0.2) is 40.2 Å². The van der Waals surface area contributed by atoms with Gasteiger partial charge in [0.1, 0.15) is 23.2 Å². The lowest BCUT2D eigenvalue weighted by Gasteiger charge is -2.16. The Morgan fingerprint density at radius 3 is 2.86 bits per heavy atom. The molecular weight excluding hydrogens is 391 g/mol. The molecule has 29 heavy (non-hydrogen) atoms. The van der Waals surface area contributed by atoms with Gasteiger partial charge >= 0.3 is 12.1 Å². The van der Waals surface area contributed by atoms with Crippen LogP contribution in [0.15, 0.2) is 24.4 Å². The second kappa shape index (κ2) is 8.11. The summed E-state index contributed by atoms with van der Waals surface area (Å²) in [7, 11) is -0.425. The van der Waals surface area contributed by atoms with Gasteiger partial charge in [0.15, 0.2) is 0 Å². The first-order valence-electron chi connectivity index (χ1n) is 9.39. The van der Waals surface area contributed by atoms with Crippen LogP contribution in [0.4, 0.5) is 30.6 Å². The van der Waals surface area contributed by atoms with E-state index < -0.39 is 30.8 Å². The number of carbonyl (C=O) groups is 1. The zero-order valence-electron chi connectivity index (χ0n) is 16.2. The van der Waals surface area contributed by atoms with Crippen LogP contribution in [0.5, 0.6) is 5.75 Å². The molecule has 1 aliphatic carbocycles. The molecule has 1 aliphatic rings. The smallest absolute Gasteiger partial charge is 0.421 e. The van der Waals surface area contributed by atoms with Gasteiger partial charge in [-0.2, -0.15) is 18.2 Å². The summed E-state index contributed by atoms with van der Waals surface area (Å²) >= 11 is 0. The number of carboxylic acids is 1. The number of halogens is 3. The van der Waals surface area contributed by atoms with Gasteiger partial charge in [0.25, 0.3) is 0 Å². The summed E-state index contributed by atoms with van der Waals surface area (Å²) in [5.41, 5.74) is 5.45. The quantitative estimate of drug-likeness (QED) is 0.522. The summed E-state index contributed by atoms with van der Waals surface area (Å²) in [4.78, 5) is 18.6. The Labute approximate surface area is 165 Å². The Bertz CT molecular complexity index is 924. The minimum atomic E-state index is -4.60. The fourth-order valence-electron chi connectivity index (χ4n) is 2.56. The molecule has 1 aromatic carbocycles. The van der Waals surface area contributed by atoms with Crippen LogP contribution in [-0.2, 0) is 17.4 Å². The van der Waals surface area contributed by atoms with Crippen LogP contribution in [0.2, 0.25) is 0 Å². The van der Waals surface area contributed by atoms with E-state index in [0.717, 1.165) is 12.8 Å². The monoisotopic (exact) mass is 412 g/mol. The van der Waals surface area contributed by atoms with Crippen LogP contribution in [0.3, 0.4) is 0 Å². The lowest BCUT2D eigenvalue weighted by Crippen LogP contribution is -2.32. The maximum absolute atomic E-state index is 13.2. The second-order valence-electron chi connectivity index (χ2n) is 6.62. The molecule has 0 radical (unpaired) electrons. The van der Waals surface area contributed by atoms with Crippen molar-refractivity contribution in [2.75, 3.05) is 17.7 Å². The van der Waals surface area contributed by atoms with Crippen LogP contribution in [0, 0.1) is 0 Å². The number of hydrogen-bond donors (Lipinski definition) is 4. The molecule has 0 unspecified atom stereocenters. The number of nitrogens with two attached hydrogens (primary N) is 1. The highest BCUT2D eigenvalue weighted by Crippen LogP contribution is 2.37. The number of hydrogen-bond acceptors (Lipinski definition) is 7. The number of ether oxygens (including phenoxy) is 1. The lowest BCUT2D eigenvalue weighted by atomic mass is 10.1. The number of anilines is 3. The third kappa shape index (κ3) is 5.25. The van der Waals surface area contributed by atoms with Gasteiger partial charge in [-0.25, -0.2) is 4.98 Å². The van der Waals surface area contributed by atoms with Crippen molar-refractivity contribution in [3.63, 3.8) is 0 Å². The molecule has 2 aromatic rings. The molecule has 0 aliphatic heterocycles. The van der Waals surface area contributed by atoms with Gasteiger partial charge < -0.3 is 26.2 Å². The van der Waals surface area contributed by atoms with Gasteiger partial charge in [-0.15, -0.1) is 0 Å². The number of methoxy groups -OCH3 is 1. The maximum Gasteiger partial charge on any atom is 0.421 e. The first-order valence-corrected chi connectivity index (χ1v) is 8.68. The average Bonchev–Trinajstić information content (AvgIpc) is 3.47. The summed E-state index contributed by atoms with van der Waals surface area (Å²) in [5, 5.41) is 14.5. The van der Waals surface area contributed by atoms with E-state index in [2.05, 4.69) is 20.6 Å². The van der Waals surface area contributed by atoms with Crippen molar-refractivity contribution in [2.45, 2.75) is 37.5 Å². The Hall–Kier alpha value is -3.08. The Morgan fingerprint density at radius 2 is 2.24 bits per heavy atom. The van der Waals surface area contributed by atoms with Crippen molar-refractivity contribution < 1.29 is 29.2 Å². The van der Waals surface area contributed by atoms with E-state index in [1.807, 2.05) is 0 Å². The third-order valence-electron chi connectivity index (χ3n) is 4.23. The zero-order valence-corrected chi connectivity index (χ0v) is 15.2. The van der Waals surface area contributed by atoms with Gasteiger partial charge in [0.2, 0.25) is 5.95 Å². The van der Waals surface area contributed by atoms with Crippen molar-refractivity contribution in [1.82, 2.24) is 9.97 Å². The summed E-state index contributed by atoms with van der Waals surface area (Å²) < 4.78 is 52.2. The number of aromatic nitrogens is 2. The van der Waals surface area contributed by atoms with E-state index in [4.69, 9.17) is 16.9 Å². The SMILES string of the molecule is [2H]COc1cc(C[C@H](N)C(=O)O)ccc1Nc1ncc(C(F)(F)F)c(NC2CC2)n1. The van der Waals surface area contributed by atoms with Crippen molar-refractivity contribution in [3.8, 4) is 5.75 Å². The summed E-state index contributed by atoms with van der Waals surface area (Å²) in [6.07, 6.45) is -2.32. The van der Waals surface area contributed by atoms with Crippen molar-refractivity contribution in [3.05, 3.63) is 35.5 Å². The van der Waals surface area contributed by atoms with E-state index >= 15 is 0 Å². The standard InChI is InChI=1S/C18H20F3N5O3/c1-29-14-7-9(6-12(22)16(27)28)2-5-13(14)25-17-23-8-11(18(19,20)21)15(26-17)24-10-3-4-10/h2,5,7-8,10,12H,3-4,6,22H2,1H3,(H,27,28)(H2,23,24,25,26)/t12-/m0/s1/i1D. The van der Waals surface area contributed by atoms with Crippen LogP contribution < -0.4 is 21.1 Å². The van der Waals surface area contributed by atoms with Crippen molar-refractivity contribution in [1.29, 1.82) is 0 Å². The van der Waals surface area contributed by atoms with Gasteiger partial charge in [-0.05, 0) is 37.0 Å². The van der Waals surface area contributed by atoms with Crippen LogP contribution in [0.25, 0.3) is 0 Å². The third-order valence-corrected chi connectivity index (χ3v) is 4.23. The lowest BCUT2D eigenvalue weighted by molar-refractivity contribution is -0.139. The molecule has 1 saturated carbocycles. The number of alkyl halides is 3. The topological polar surface area (TPSA) is 122 Å². The summed E-state index contributed by atoms with van der Waals surface area (Å²) in [6.45, 7) is 0. The van der Waals surface area contributed by atoms with E-state index in [-0.39, 0.29) is 30.0 Å². The van der Waals surface area contributed by atoms with Gasteiger partial charge in [-0.3, -0.25) is 4.79 Å². The summed E-state index contributed by atoms with van der Waals surface area (Å²) in [5.74, 6) is -1.36. The predicted octanol–water partition coefficient (Wildman–Crippen LogP) is 2.78.